The van der Waals surface area contributed by atoms with Gasteiger partial charge in [0.25, 0.3) is 5.91 Å². The van der Waals surface area contributed by atoms with Gasteiger partial charge >= 0.3 is 0 Å². The van der Waals surface area contributed by atoms with Crippen LogP contribution in [0.4, 0.5) is 0 Å². The molecule has 2 rings (SSSR count). The van der Waals surface area contributed by atoms with E-state index in [9.17, 15) is 9.90 Å². The van der Waals surface area contributed by atoms with Crippen molar-refractivity contribution in [3.8, 4) is 5.75 Å². The molecule has 1 aromatic carbocycles. The number of benzene rings is 1. The first-order chi connectivity index (χ1) is 8.97. The lowest BCUT2D eigenvalue weighted by atomic mass is 10.2. The Kier molecular flexibility index (Phi) is 4.50. The van der Waals surface area contributed by atoms with Gasteiger partial charge in [-0.2, -0.15) is 0 Å². The molecule has 0 aliphatic rings. The summed E-state index contributed by atoms with van der Waals surface area (Å²) < 4.78 is 1.00. The maximum absolute atomic E-state index is 12.2. The van der Waals surface area contributed by atoms with Crippen LogP contribution in [-0.4, -0.2) is 23.0 Å². The highest BCUT2D eigenvalue weighted by Crippen LogP contribution is 2.25. The molecule has 100 valence electrons. The third kappa shape index (κ3) is 3.49. The van der Waals surface area contributed by atoms with Crippen molar-refractivity contribution >= 4 is 44.8 Å². The smallest absolute Gasteiger partial charge is 0.257 e. The second-order valence-electron chi connectivity index (χ2n) is 4.05. The van der Waals surface area contributed by atoms with Crippen LogP contribution < -0.4 is 0 Å². The Morgan fingerprint density at radius 1 is 1.47 bits per heavy atom. The summed E-state index contributed by atoms with van der Waals surface area (Å²) in [5, 5.41) is 12.1. The van der Waals surface area contributed by atoms with Crippen molar-refractivity contribution in [3.63, 3.8) is 0 Å². The average Bonchev–Trinajstić information content (AvgIpc) is 2.74. The molecule has 0 saturated heterocycles. The Balaban J connectivity index is 2.14. The molecule has 0 radical (unpaired) electrons. The highest BCUT2D eigenvalue weighted by atomic mass is 79.9. The van der Waals surface area contributed by atoms with E-state index >= 15 is 0 Å². The first kappa shape index (κ1) is 14.4. The van der Waals surface area contributed by atoms with E-state index in [1.807, 2.05) is 11.4 Å². The molecule has 0 fully saturated rings. The molecule has 3 nitrogen and oxygen atoms in total. The summed E-state index contributed by atoms with van der Waals surface area (Å²) in [5.74, 6) is -0.338. The van der Waals surface area contributed by atoms with Gasteiger partial charge < -0.3 is 10.0 Å². The van der Waals surface area contributed by atoms with Gasteiger partial charge in [0.1, 0.15) is 5.75 Å². The fraction of sp³-hybridized carbons (Fsp3) is 0.154. The van der Waals surface area contributed by atoms with E-state index in [2.05, 4.69) is 15.9 Å². The van der Waals surface area contributed by atoms with E-state index in [1.165, 1.54) is 12.1 Å². The van der Waals surface area contributed by atoms with Crippen molar-refractivity contribution in [2.45, 2.75) is 6.54 Å². The maximum Gasteiger partial charge on any atom is 0.257 e. The van der Waals surface area contributed by atoms with E-state index < -0.39 is 0 Å². The Morgan fingerprint density at radius 2 is 2.21 bits per heavy atom. The number of rotatable bonds is 3. The van der Waals surface area contributed by atoms with Gasteiger partial charge in [-0.1, -0.05) is 11.6 Å². The molecule has 1 amide bonds. The predicted octanol–water partition coefficient (Wildman–Crippen LogP) is 4.14. The van der Waals surface area contributed by atoms with Crippen LogP contribution in [0, 0.1) is 0 Å². The van der Waals surface area contributed by atoms with Crippen LogP contribution in [0.25, 0.3) is 0 Å². The highest BCUT2D eigenvalue weighted by Gasteiger charge is 2.16. The fourth-order valence-electron chi connectivity index (χ4n) is 1.63. The Hall–Kier alpha value is -1.04. The van der Waals surface area contributed by atoms with Crippen LogP contribution in [0.5, 0.6) is 5.75 Å². The molecule has 0 saturated carbocycles. The molecule has 2 aromatic rings. The summed E-state index contributed by atoms with van der Waals surface area (Å²) in [5.41, 5.74) is 0.252. The molecule has 19 heavy (non-hydrogen) atoms. The summed E-state index contributed by atoms with van der Waals surface area (Å²) in [6.45, 7) is 0.497. The zero-order valence-corrected chi connectivity index (χ0v) is 13.2. The Labute approximate surface area is 128 Å². The number of thiophene rings is 1. The first-order valence-electron chi connectivity index (χ1n) is 5.44. The van der Waals surface area contributed by atoms with Crippen molar-refractivity contribution in [2.24, 2.45) is 0 Å². The normalized spacial score (nSPS) is 10.5. The fourth-order valence-corrected chi connectivity index (χ4v) is 3.30. The summed E-state index contributed by atoms with van der Waals surface area (Å²) in [7, 11) is 1.70. The zero-order valence-electron chi connectivity index (χ0n) is 10.1. The van der Waals surface area contributed by atoms with Crippen LogP contribution in [0.1, 0.15) is 15.2 Å². The lowest BCUT2D eigenvalue weighted by Crippen LogP contribution is -2.25. The Morgan fingerprint density at radius 3 is 2.79 bits per heavy atom. The van der Waals surface area contributed by atoms with E-state index in [-0.39, 0.29) is 17.2 Å². The lowest BCUT2D eigenvalue weighted by molar-refractivity contribution is 0.0783. The summed E-state index contributed by atoms with van der Waals surface area (Å²) in [6.07, 6.45) is 0. The van der Waals surface area contributed by atoms with Gasteiger partial charge in [-0.15, -0.1) is 11.3 Å². The van der Waals surface area contributed by atoms with Crippen molar-refractivity contribution in [1.82, 2.24) is 4.90 Å². The topological polar surface area (TPSA) is 40.5 Å². The SMILES string of the molecule is CN(Cc1cc(Br)cs1)C(=O)c1ccc(Cl)cc1O. The van der Waals surface area contributed by atoms with Gasteiger partial charge in [0.2, 0.25) is 0 Å². The number of hydrogen-bond acceptors (Lipinski definition) is 3. The molecule has 0 unspecified atom stereocenters. The lowest BCUT2D eigenvalue weighted by Gasteiger charge is -2.17. The van der Waals surface area contributed by atoms with Crippen LogP contribution in [0.15, 0.2) is 34.1 Å². The number of aromatic hydroxyl groups is 1. The number of carbonyl (C=O) groups is 1. The van der Waals surface area contributed by atoms with Crippen LogP contribution in [0.2, 0.25) is 5.02 Å². The van der Waals surface area contributed by atoms with E-state index in [0.29, 0.717) is 11.6 Å². The van der Waals surface area contributed by atoms with Gasteiger partial charge in [-0.3, -0.25) is 4.79 Å². The predicted molar refractivity (Wildman–Crippen MR) is 80.9 cm³/mol. The number of carbonyl (C=O) groups excluding carboxylic acids is 1. The number of halogens is 2. The van der Waals surface area contributed by atoms with Gasteiger partial charge in [0.15, 0.2) is 0 Å². The minimum atomic E-state index is -0.237. The molecule has 1 N–H and O–H groups in total. The molecular formula is C13H11BrClNO2S. The molecule has 0 bridgehead atoms. The Bertz CT molecular complexity index is 614. The van der Waals surface area contributed by atoms with Crippen LogP contribution in [-0.2, 0) is 6.54 Å². The van der Waals surface area contributed by atoms with Crippen LogP contribution >= 0.6 is 38.9 Å². The number of hydrogen-bond donors (Lipinski definition) is 1. The van der Waals surface area contributed by atoms with Crippen molar-refractivity contribution in [2.75, 3.05) is 7.05 Å². The second kappa shape index (κ2) is 5.94. The largest absolute Gasteiger partial charge is 0.507 e. The number of phenolic OH excluding ortho intramolecular Hbond substituents is 1. The van der Waals surface area contributed by atoms with Crippen molar-refractivity contribution in [3.05, 3.63) is 49.6 Å². The molecule has 1 aromatic heterocycles. The number of amides is 1. The highest BCUT2D eigenvalue weighted by molar-refractivity contribution is 9.10. The number of phenols is 1. The van der Waals surface area contributed by atoms with E-state index in [4.69, 9.17) is 11.6 Å². The molecular weight excluding hydrogens is 350 g/mol. The first-order valence-corrected chi connectivity index (χ1v) is 7.49. The third-order valence-electron chi connectivity index (χ3n) is 2.55. The van der Waals surface area contributed by atoms with E-state index in [1.54, 1.807) is 29.4 Å². The summed E-state index contributed by atoms with van der Waals surface area (Å²) >= 11 is 10.7. The van der Waals surface area contributed by atoms with Gasteiger partial charge in [-0.05, 0) is 40.2 Å². The standard InChI is InChI=1S/C13H11BrClNO2S/c1-16(6-10-4-8(14)7-19-10)13(18)11-3-2-9(15)5-12(11)17/h2-5,7,17H,6H2,1H3. The van der Waals surface area contributed by atoms with Gasteiger partial charge in [-0.25, -0.2) is 0 Å². The second-order valence-corrected chi connectivity index (χ2v) is 6.40. The minimum Gasteiger partial charge on any atom is -0.507 e. The van der Waals surface area contributed by atoms with Crippen molar-refractivity contribution in [1.29, 1.82) is 0 Å². The van der Waals surface area contributed by atoms with Gasteiger partial charge in [0.05, 0.1) is 12.1 Å². The van der Waals surface area contributed by atoms with Gasteiger partial charge in [0, 0.05) is 26.8 Å². The third-order valence-corrected chi connectivity index (χ3v) is 4.47. The van der Waals surface area contributed by atoms with E-state index in [0.717, 1.165) is 9.35 Å². The quantitative estimate of drug-likeness (QED) is 0.893. The molecule has 1 heterocycles. The van der Waals surface area contributed by atoms with Crippen LogP contribution in [0.3, 0.4) is 0 Å². The summed E-state index contributed by atoms with van der Waals surface area (Å²) in [6, 6.07) is 6.45. The molecule has 0 aliphatic heterocycles. The summed E-state index contributed by atoms with van der Waals surface area (Å²) in [4.78, 5) is 14.8. The molecule has 0 atom stereocenters. The zero-order chi connectivity index (χ0) is 14.0. The average molecular weight is 361 g/mol. The molecule has 6 heteroatoms. The number of nitrogens with zero attached hydrogens (tertiary/aromatic N) is 1. The monoisotopic (exact) mass is 359 g/mol. The minimum absolute atomic E-state index is 0.100. The van der Waals surface area contributed by atoms with Crippen molar-refractivity contribution < 1.29 is 9.90 Å². The molecule has 0 spiro atoms. The maximum atomic E-state index is 12.2. The molecule has 0 aliphatic carbocycles.